The van der Waals surface area contributed by atoms with Crippen LogP contribution in [0.2, 0.25) is 0 Å². The van der Waals surface area contributed by atoms with Crippen molar-refractivity contribution in [2.24, 2.45) is 0 Å². The number of benzene rings is 1. The number of aryl methyl sites for hydroxylation is 1. The van der Waals surface area contributed by atoms with E-state index in [1.165, 1.54) is 34.4 Å². The van der Waals surface area contributed by atoms with Gasteiger partial charge in [0.1, 0.15) is 12.4 Å². The van der Waals surface area contributed by atoms with Gasteiger partial charge in [-0.2, -0.15) is 0 Å². The number of likely N-dealkylation sites (N-methyl/N-ethyl adjacent to an activating group) is 1. The molecular weight excluding hydrogens is 333 g/mol. The maximum absolute atomic E-state index is 13.6. The molecule has 1 N–H and O–H groups in total. The average Bonchev–Trinajstić information content (AvgIpc) is 2.94. The molecule has 8 heteroatoms. The predicted octanol–water partition coefficient (Wildman–Crippen LogP) is 2.13. The minimum absolute atomic E-state index is 0.197. The normalized spacial score (nSPS) is 21.0. The first-order chi connectivity index (χ1) is 11.5. The molecule has 2 unspecified atom stereocenters. The molecule has 0 aliphatic carbocycles. The Kier molecular flexibility index (Phi) is 4.59. The van der Waals surface area contributed by atoms with Crippen molar-refractivity contribution in [1.29, 1.82) is 0 Å². The molecule has 1 aliphatic heterocycles. The first-order valence-corrected chi connectivity index (χ1v) is 8.13. The number of rotatable bonds is 3. The third-order valence-electron chi connectivity index (χ3n) is 3.78. The summed E-state index contributed by atoms with van der Waals surface area (Å²) in [6, 6.07) is 5.11. The van der Waals surface area contributed by atoms with Crippen molar-refractivity contribution in [3.05, 3.63) is 46.7 Å². The SMILES string of the molecule is Cc1cnc(NC(=O)C2OCC(=O)N(C)C2c2cccc(F)c2)s1. The van der Waals surface area contributed by atoms with E-state index in [1.54, 1.807) is 19.3 Å². The van der Waals surface area contributed by atoms with Gasteiger partial charge in [0.05, 0.1) is 6.04 Å². The molecule has 2 atom stereocenters. The molecule has 1 aromatic heterocycles. The number of aromatic nitrogens is 1. The fourth-order valence-corrected chi connectivity index (χ4v) is 3.28. The Morgan fingerprint density at radius 3 is 2.96 bits per heavy atom. The standard InChI is InChI=1S/C16H16FN3O3S/c1-9-7-18-16(24-9)19-15(22)14-13(20(2)12(21)8-23-14)10-4-3-5-11(17)6-10/h3-7,13-14H,8H2,1-2H3,(H,18,19,22). The van der Waals surface area contributed by atoms with Crippen LogP contribution in [0.3, 0.4) is 0 Å². The van der Waals surface area contributed by atoms with Gasteiger partial charge in [-0.25, -0.2) is 9.37 Å². The van der Waals surface area contributed by atoms with E-state index in [0.29, 0.717) is 10.7 Å². The molecule has 3 rings (SSSR count). The number of morpholine rings is 1. The molecule has 126 valence electrons. The van der Waals surface area contributed by atoms with Crippen LogP contribution in [0.4, 0.5) is 9.52 Å². The molecular formula is C16H16FN3O3S. The molecule has 1 saturated heterocycles. The Hall–Kier alpha value is -2.32. The summed E-state index contributed by atoms with van der Waals surface area (Å²) < 4.78 is 19.0. The molecule has 6 nitrogen and oxygen atoms in total. The van der Waals surface area contributed by atoms with E-state index in [0.717, 1.165) is 4.88 Å². The van der Waals surface area contributed by atoms with Crippen molar-refractivity contribution in [2.45, 2.75) is 19.1 Å². The highest BCUT2D eigenvalue weighted by molar-refractivity contribution is 7.15. The van der Waals surface area contributed by atoms with Crippen LogP contribution >= 0.6 is 11.3 Å². The summed E-state index contributed by atoms with van der Waals surface area (Å²) in [6.07, 6.45) is 0.709. The lowest BCUT2D eigenvalue weighted by atomic mass is 9.97. The Morgan fingerprint density at radius 2 is 2.29 bits per heavy atom. The van der Waals surface area contributed by atoms with Crippen LogP contribution in [-0.4, -0.2) is 41.5 Å². The quantitative estimate of drug-likeness (QED) is 0.921. The monoisotopic (exact) mass is 349 g/mol. The van der Waals surface area contributed by atoms with Gasteiger partial charge in [-0.15, -0.1) is 11.3 Å². The number of carbonyl (C=O) groups excluding carboxylic acids is 2. The van der Waals surface area contributed by atoms with Gasteiger partial charge in [0.15, 0.2) is 11.2 Å². The van der Waals surface area contributed by atoms with Gasteiger partial charge in [0.25, 0.3) is 5.91 Å². The summed E-state index contributed by atoms with van der Waals surface area (Å²) >= 11 is 1.34. The number of nitrogens with one attached hydrogen (secondary N) is 1. The van der Waals surface area contributed by atoms with E-state index >= 15 is 0 Å². The number of nitrogens with zero attached hydrogens (tertiary/aromatic N) is 2. The summed E-state index contributed by atoms with van der Waals surface area (Å²) in [5, 5.41) is 3.15. The Bertz CT molecular complexity index is 779. The zero-order chi connectivity index (χ0) is 17.3. The van der Waals surface area contributed by atoms with Gasteiger partial charge >= 0.3 is 0 Å². The van der Waals surface area contributed by atoms with Crippen LogP contribution in [0.5, 0.6) is 0 Å². The molecule has 0 saturated carbocycles. The van der Waals surface area contributed by atoms with Gasteiger partial charge < -0.3 is 9.64 Å². The minimum atomic E-state index is -0.946. The summed E-state index contributed by atoms with van der Waals surface area (Å²) in [6.45, 7) is 1.68. The molecule has 1 fully saturated rings. The van der Waals surface area contributed by atoms with Gasteiger partial charge in [0.2, 0.25) is 5.91 Å². The smallest absolute Gasteiger partial charge is 0.257 e. The highest BCUT2D eigenvalue weighted by atomic mass is 32.1. The van der Waals surface area contributed by atoms with Crippen molar-refractivity contribution in [1.82, 2.24) is 9.88 Å². The zero-order valence-corrected chi connectivity index (χ0v) is 14.0. The number of carbonyl (C=O) groups is 2. The third kappa shape index (κ3) is 3.29. The number of hydrogen-bond acceptors (Lipinski definition) is 5. The molecule has 2 amide bonds. The lowest BCUT2D eigenvalue weighted by molar-refractivity contribution is -0.160. The molecule has 1 aromatic carbocycles. The fraction of sp³-hybridized carbons (Fsp3) is 0.312. The Labute approximate surface area is 142 Å². The van der Waals surface area contributed by atoms with Gasteiger partial charge in [-0.05, 0) is 24.6 Å². The Balaban J connectivity index is 1.88. The lowest BCUT2D eigenvalue weighted by Crippen LogP contribution is -2.51. The highest BCUT2D eigenvalue weighted by Crippen LogP contribution is 2.30. The number of thiazole rings is 1. The van der Waals surface area contributed by atoms with Crippen LogP contribution in [-0.2, 0) is 14.3 Å². The van der Waals surface area contributed by atoms with Crippen molar-refractivity contribution >= 4 is 28.3 Å². The van der Waals surface area contributed by atoms with Crippen LogP contribution < -0.4 is 5.32 Å². The second-order valence-corrected chi connectivity index (χ2v) is 6.74. The summed E-state index contributed by atoms with van der Waals surface area (Å²) in [4.78, 5) is 31.0. The molecule has 24 heavy (non-hydrogen) atoms. The molecule has 0 bridgehead atoms. The third-order valence-corrected chi connectivity index (χ3v) is 4.61. The number of amides is 2. The van der Waals surface area contributed by atoms with Crippen molar-refractivity contribution < 1.29 is 18.7 Å². The van der Waals surface area contributed by atoms with E-state index in [9.17, 15) is 14.0 Å². The Morgan fingerprint density at radius 1 is 1.50 bits per heavy atom. The lowest BCUT2D eigenvalue weighted by Gasteiger charge is -2.38. The van der Waals surface area contributed by atoms with Crippen LogP contribution in [0, 0.1) is 12.7 Å². The van der Waals surface area contributed by atoms with E-state index in [2.05, 4.69) is 10.3 Å². The summed E-state index contributed by atoms with van der Waals surface area (Å²) in [7, 11) is 1.58. The molecule has 0 radical (unpaired) electrons. The minimum Gasteiger partial charge on any atom is -0.356 e. The van der Waals surface area contributed by atoms with Crippen molar-refractivity contribution in [2.75, 3.05) is 19.0 Å². The largest absolute Gasteiger partial charge is 0.356 e. The van der Waals surface area contributed by atoms with E-state index < -0.39 is 23.9 Å². The van der Waals surface area contributed by atoms with Crippen LogP contribution in [0.15, 0.2) is 30.5 Å². The first-order valence-electron chi connectivity index (χ1n) is 7.31. The molecule has 2 heterocycles. The fourth-order valence-electron chi connectivity index (χ4n) is 2.61. The van der Waals surface area contributed by atoms with Gasteiger partial charge in [-0.1, -0.05) is 12.1 Å². The first kappa shape index (κ1) is 16.5. The molecule has 2 aromatic rings. The molecule has 1 aliphatic rings. The summed E-state index contributed by atoms with van der Waals surface area (Å²) in [5.41, 5.74) is 0.501. The van der Waals surface area contributed by atoms with Crippen LogP contribution in [0.1, 0.15) is 16.5 Å². The van der Waals surface area contributed by atoms with E-state index in [-0.39, 0.29) is 12.5 Å². The second-order valence-electron chi connectivity index (χ2n) is 5.50. The van der Waals surface area contributed by atoms with Crippen LogP contribution in [0.25, 0.3) is 0 Å². The number of ether oxygens (including phenoxy) is 1. The maximum Gasteiger partial charge on any atom is 0.257 e. The topological polar surface area (TPSA) is 71.5 Å². The van der Waals surface area contributed by atoms with Crippen molar-refractivity contribution in [3.8, 4) is 0 Å². The average molecular weight is 349 g/mol. The van der Waals surface area contributed by atoms with Gasteiger partial charge in [0, 0.05) is 18.1 Å². The predicted molar refractivity (Wildman–Crippen MR) is 87.1 cm³/mol. The highest BCUT2D eigenvalue weighted by Gasteiger charge is 2.40. The van der Waals surface area contributed by atoms with Gasteiger partial charge in [-0.3, -0.25) is 14.9 Å². The maximum atomic E-state index is 13.6. The second kappa shape index (κ2) is 6.66. The molecule has 0 spiro atoms. The van der Waals surface area contributed by atoms with E-state index in [4.69, 9.17) is 4.74 Å². The summed E-state index contributed by atoms with van der Waals surface area (Å²) in [5.74, 6) is -1.12. The number of anilines is 1. The number of hydrogen-bond donors (Lipinski definition) is 1. The van der Waals surface area contributed by atoms with Crippen molar-refractivity contribution in [3.63, 3.8) is 0 Å². The van der Waals surface area contributed by atoms with E-state index in [1.807, 2.05) is 6.92 Å². The zero-order valence-electron chi connectivity index (χ0n) is 13.2. The number of halogens is 1.